The molecule has 2 amide bonds. The summed E-state index contributed by atoms with van der Waals surface area (Å²) in [5.41, 5.74) is 0.853. The molecule has 1 fully saturated rings. The second-order valence-corrected chi connectivity index (χ2v) is 7.37. The van der Waals surface area contributed by atoms with Crippen LogP contribution in [0.4, 0.5) is 5.82 Å². The van der Waals surface area contributed by atoms with E-state index in [0.717, 1.165) is 25.0 Å². The summed E-state index contributed by atoms with van der Waals surface area (Å²) >= 11 is 0. The van der Waals surface area contributed by atoms with Gasteiger partial charge in [-0.25, -0.2) is 0 Å². The highest BCUT2D eigenvalue weighted by Crippen LogP contribution is 2.31. The molecule has 0 radical (unpaired) electrons. The number of carbonyl (C=O) groups is 2. The highest BCUT2D eigenvalue weighted by molar-refractivity contribution is 5.94. The van der Waals surface area contributed by atoms with Crippen LogP contribution >= 0.6 is 0 Å². The normalized spacial score (nSPS) is 14.7. The molecular formula is C17H28N4O2. The van der Waals surface area contributed by atoms with Crippen molar-refractivity contribution in [3.8, 4) is 0 Å². The molecular weight excluding hydrogens is 292 g/mol. The first kappa shape index (κ1) is 17.5. The van der Waals surface area contributed by atoms with Gasteiger partial charge in [-0.05, 0) is 19.3 Å². The van der Waals surface area contributed by atoms with Crippen LogP contribution in [0.5, 0.6) is 0 Å². The number of anilines is 1. The molecule has 0 bridgehead atoms. The third-order valence-electron chi connectivity index (χ3n) is 3.98. The van der Waals surface area contributed by atoms with Crippen LogP contribution in [0, 0.1) is 5.92 Å². The number of carbonyl (C=O) groups excluding carboxylic acids is 2. The Morgan fingerprint density at radius 2 is 2.04 bits per heavy atom. The van der Waals surface area contributed by atoms with Crippen LogP contribution in [0.2, 0.25) is 0 Å². The molecule has 1 aliphatic rings. The zero-order valence-corrected chi connectivity index (χ0v) is 14.8. The van der Waals surface area contributed by atoms with Gasteiger partial charge in [0.05, 0.1) is 12.2 Å². The van der Waals surface area contributed by atoms with E-state index in [1.165, 1.54) is 0 Å². The summed E-state index contributed by atoms with van der Waals surface area (Å²) in [7, 11) is 1.81. The summed E-state index contributed by atoms with van der Waals surface area (Å²) < 4.78 is 1.67. The van der Waals surface area contributed by atoms with E-state index in [2.05, 4.69) is 31.2 Å². The monoisotopic (exact) mass is 320 g/mol. The summed E-state index contributed by atoms with van der Waals surface area (Å²) in [4.78, 5) is 26.2. The molecule has 1 N–H and O–H groups in total. The largest absolute Gasteiger partial charge is 0.333 e. The first-order valence-electron chi connectivity index (χ1n) is 8.35. The summed E-state index contributed by atoms with van der Waals surface area (Å²) in [5, 5.41) is 7.32. The van der Waals surface area contributed by atoms with Crippen LogP contribution in [0.3, 0.4) is 0 Å². The Bertz CT molecular complexity index is 582. The highest BCUT2D eigenvalue weighted by atomic mass is 16.2. The first-order chi connectivity index (χ1) is 10.7. The van der Waals surface area contributed by atoms with E-state index in [9.17, 15) is 9.59 Å². The van der Waals surface area contributed by atoms with Crippen LogP contribution in [-0.4, -0.2) is 39.6 Å². The van der Waals surface area contributed by atoms with Crippen molar-refractivity contribution >= 4 is 17.6 Å². The summed E-state index contributed by atoms with van der Waals surface area (Å²) in [6, 6.07) is 1.89. The Hall–Kier alpha value is -1.85. The minimum Gasteiger partial charge on any atom is -0.333 e. The number of aryl methyl sites for hydroxylation is 1. The van der Waals surface area contributed by atoms with Crippen molar-refractivity contribution < 1.29 is 9.59 Å². The Morgan fingerprint density at radius 1 is 1.39 bits per heavy atom. The predicted octanol–water partition coefficient (Wildman–Crippen LogP) is 2.30. The van der Waals surface area contributed by atoms with Gasteiger partial charge in [0.2, 0.25) is 11.8 Å². The van der Waals surface area contributed by atoms with E-state index in [4.69, 9.17) is 0 Å². The van der Waals surface area contributed by atoms with Crippen molar-refractivity contribution in [1.82, 2.24) is 14.7 Å². The molecule has 1 aromatic heterocycles. The zero-order valence-electron chi connectivity index (χ0n) is 14.8. The van der Waals surface area contributed by atoms with Gasteiger partial charge in [-0.3, -0.25) is 14.3 Å². The van der Waals surface area contributed by atoms with E-state index >= 15 is 0 Å². The molecule has 1 heterocycles. The molecule has 0 atom stereocenters. The second-order valence-electron chi connectivity index (χ2n) is 7.37. The second kappa shape index (κ2) is 6.72. The molecule has 1 aromatic rings. The summed E-state index contributed by atoms with van der Waals surface area (Å²) in [5.74, 6) is 0.743. The number of amides is 2. The van der Waals surface area contributed by atoms with Gasteiger partial charge in [0, 0.05) is 31.0 Å². The molecule has 6 nitrogen and oxygen atoms in total. The fraction of sp³-hybridized carbons (Fsp3) is 0.706. The molecule has 1 saturated carbocycles. The molecule has 128 valence electrons. The lowest BCUT2D eigenvalue weighted by molar-refractivity contribution is -0.135. The fourth-order valence-corrected chi connectivity index (χ4v) is 2.43. The van der Waals surface area contributed by atoms with Crippen molar-refractivity contribution in [2.45, 2.75) is 52.4 Å². The number of nitrogens with one attached hydrogen (secondary N) is 1. The van der Waals surface area contributed by atoms with Crippen LogP contribution in [-0.2, 0) is 22.1 Å². The van der Waals surface area contributed by atoms with Gasteiger partial charge < -0.3 is 10.2 Å². The molecule has 0 saturated heterocycles. The smallest absolute Gasteiger partial charge is 0.245 e. The van der Waals surface area contributed by atoms with Crippen molar-refractivity contribution in [2.24, 2.45) is 13.0 Å². The van der Waals surface area contributed by atoms with Gasteiger partial charge in [-0.2, -0.15) is 5.10 Å². The highest BCUT2D eigenvalue weighted by Gasteiger charge is 2.33. The molecule has 0 spiro atoms. The van der Waals surface area contributed by atoms with Crippen LogP contribution in [0.15, 0.2) is 6.07 Å². The molecule has 6 heteroatoms. The zero-order chi connectivity index (χ0) is 17.2. The topological polar surface area (TPSA) is 67.2 Å². The first-order valence-corrected chi connectivity index (χ1v) is 8.35. The standard InChI is InChI=1S/C17H28N4O2/c1-6-9-21(16(23)12-7-8-12)11-15(22)18-14-10-13(17(2,3)4)19-20(14)5/h10,12H,6-9,11H2,1-5H3,(H,18,22). The average Bonchev–Trinajstić information content (AvgIpc) is 3.22. The van der Waals surface area contributed by atoms with Crippen molar-refractivity contribution in [1.29, 1.82) is 0 Å². The Morgan fingerprint density at radius 3 is 2.52 bits per heavy atom. The van der Waals surface area contributed by atoms with E-state index in [1.54, 1.807) is 9.58 Å². The van der Waals surface area contributed by atoms with E-state index in [0.29, 0.717) is 12.4 Å². The Kier molecular flexibility index (Phi) is 5.12. The van der Waals surface area contributed by atoms with Crippen molar-refractivity contribution in [2.75, 3.05) is 18.4 Å². The average molecular weight is 320 g/mol. The SMILES string of the molecule is CCCN(CC(=O)Nc1cc(C(C)(C)C)nn1C)C(=O)C1CC1. The number of aromatic nitrogens is 2. The number of rotatable bonds is 6. The predicted molar refractivity (Wildman–Crippen MR) is 90.1 cm³/mol. The summed E-state index contributed by atoms with van der Waals surface area (Å²) in [6.45, 7) is 9.00. The van der Waals surface area contributed by atoms with Gasteiger partial charge in [0.25, 0.3) is 0 Å². The minimum absolute atomic E-state index is 0.0725. The molecule has 0 unspecified atom stereocenters. The molecule has 2 rings (SSSR count). The Labute approximate surface area is 138 Å². The number of hydrogen-bond donors (Lipinski definition) is 1. The van der Waals surface area contributed by atoms with Gasteiger partial charge in [0.15, 0.2) is 0 Å². The van der Waals surface area contributed by atoms with Gasteiger partial charge in [-0.15, -0.1) is 0 Å². The van der Waals surface area contributed by atoms with Crippen LogP contribution in [0.25, 0.3) is 0 Å². The maximum absolute atomic E-state index is 12.3. The van der Waals surface area contributed by atoms with Gasteiger partial charge >= 0.3 is 0 Å². The lowest BCUT2D eigenvalue weighted by atomic mass is 9.92. The van der Waals surface area contributed by atoms with E-state index < -0.39 is 0 Å². The van der Waals surface area contributed by atoms with E-state index in [1.807, 2.05) is 20.0 Å². The Balaban J connectivity index is 2.00. The molecule has 0 aromatic carbocycles. The maximum Gasteiger partial charge on any atom is 0.245 e. The third kappa shape index (κ3) is 4.56. The van der Waals surface area contributed by atoms with Crippen molar-refractivity contribution in [3.05, 3.63) is 11.8 Å². The lowest BCUT2D eigenvalue weighted by Crippen LogP contribution is -2.39. The number of nitrogens with zero attached hydrogens (tertiary/aromatic N) is 3. The van der Waals surface area contributed by atoms with E-state index in [-0.39, 0.29) is 29.7 Å². The molecule has 23 heavy (non-hydrogen) atoms. The fourth-order valence-electron chi connectivity index (χ4n) is 2.43. The minimum atomic E-state index is -0.170. The summed E-state index contributed by atoms with van der Waals surface area (Å²) in [6.07, 6.45) is 2.76. The lowest BCUT2D eigenvalue weighted by Gasteiger charge is -2.21. The quantitative estimate of drug-likeness (QED) is 0.874. The maximum atomic E-state index is 12.3. The van der Waals surface area contributed by atoms with Crippen LogP contribution < -0.4 is 5.32 Å². The molecule has 0 aliphatic heterocycles. The van der Waals surface area contributed by atoms with Gasteiger partial charge in [-0.1, -0.05) is 27.7 Å². The van der Waals surface area contributed by atoms with Crippen molar-refractivity contribution in [3.63, 3.8) is 0 Å². The van der Waals surface area contributed by atoms with Crippen LogP contribution in [0.1, 0.15) is 52.7 Å². The van der Waals surface area contributed by atoms with Gasteiger partial charge in [0.1, 0.15) is 5.82 Å². The molecule has 1 aliphatic carbocycles. The number of hydrogen-bond acceptors (Lipinski definition) is 3. The third-order valence-corrected chi connectivity index (χ3v) is 3.98.